The van der Waals surface area contributed by atoms with E-state index in [4.69, 9.17) is 10.5 Å². The topological polar surface area (TPSA) is 48.1 Å². The second-order valence-corrected chi connectivity index (χ2v) is 3.92. The van der Waals surface area contributed by atoms with E-state index in [2.05, 4.69) is 4.98 Å². The quantitative estimate of drug-likeness (QED) is 0.877. The SMILES string of the molecule is COc1ccc(C(N)c2ccccc2)c(C)n1. The Balaban J connectivity index is 2.34. The summed E-state index contributed by atoms with van der Waals surface area (Å²) in [7, 11) is 1.61. The van der Waals surface area contributed by atoms with Crippen molar-refractivity contribution in [3.8, 4) is 5.88 Å². The van der Waals surface area contributed by atoms with Crippen LogP contribution in [0.2, 0.25) is 0 Å². The number of rotatable bonds is 3. The Morgan fingerprint density at radius 2 is 1.82 bits per heavy atom. The van der Waals surface area contributed by atoms with Gasteiger partial charge in [0.25, 0.3) is 0 Å². The lowest BCUT2D eigenvalue weighted by Crippen LogP contribution is -2.13. The van der Waals surface area contributed by atoms with Gasteiger partial charge < -0.3 is 10.5 Å². The fourth-order valence-electron chi connectivity index (χ4n) is 1.83. The molecular weight excluding hydrogens is 212 g/mol. The summed E-state index contributed by atoms with van der Waals surface area (Å²) < 4.78 is 5.08. The molecule has 0 fully saturated rings. The third kappa shape index (κ3) is 2.45. The second kappa shape index (κ2) is 4.97. The van der Waals surface area contributed by atoms with Gasteiger partial charge in [0.2, 0.25) is 5.88 Å². The lowest BCUT2D eigenvalue weighted by Gasteiger charge is -2.15. The summed E-state index contributed by atoms with van der Waals surface area (Å²) in [6, 6.07) is 13.7. The molecule has 2 rings (SSSR count). The van der Waals surface area contributed by atoms with Crippen molar-refractivity contribution < 1.29 is 4.74 Å². The van der Waals surface area contributed by atoms with Gasteiger partial charge in [-0.2, -0.15) is 0 Å². The van der Waals surface area contributed by atoms with Crippen molar-refractivity contribution in [2.75, 3.05) is 7.11 Å². The van der Waals surface area contributed by atoms with Crippen LogP contribution in [0.15, 0.2) is 42.5 Å². The van der Waals surface area contributed by atoms with Gasteiger partial charge in [0, 0.05) is 11.8 Å². The Labute approximate surface area is 101 Å². The van der Waals surface area contributed by atoms with Crippen LogP contribution in [0.4, 0.5) is 0 Å². The molecule has 0 saturated carbocycles. The van der Waals surface area contributed by atoms with Gasteiger partial charge in [-0.1, -0.05) is 30.3 Å². The summed E-state index contributed by atoms with van der Waals surface area (Å²) in [5.74, 6) is 0.617. The average Bonchev–Trinajstić information content (AvgIpc) is 2.39. The van der Waals surface area contributed by atoms with Crippen LogP contribution in [-0.2, 0) is 0 Å². The molecule has 0 aliphatic carbocycles. The van der Waals surface area contributed by atoms with E-state index in [1.165, 1.54) is 0 Å². The first-order chi connectivity index (χ1) is 8.22. The lowest BCUT2D eigenvalue weighted by molar-refractivity contribution is 0.396. The fraction of sp³-hybridized carbons (Fsp3) is 0.214. The van der Waals surface area contributed by atoms with Gasteiger partial charge in [-0.15, -0.1) is 0 Å². The first-order valence-electron chi connectivity index (χ1n) is 5.54. The molecule has 88 valence electrons. The van der Waals surface area contributed by atoms with Crippen LogP contribution >= 0.6 is 0 Å². The number of ether oxygens (including phenoxy) is 1. The largest absolute Gasteiger partial charge is 0.481 e. The van der Waals surface area contributed by atoms with E-state index in [1.807, 2.05) is 49.4 Å². The number of aryl methyl sites for hydroxylation is 1. The third-order valence-electron chi connectivity index (χ3n) is 2.80. The van der Waals surface area contributed by atoms with Gasteiger partial charge in [0.1, 0.15) is 0 Å². The van der Waals surface area contributed by atoms with Gasteiger partial charge in [-0.3, -0.25) is 0 Å². The third-order valence-corrected chi connectivity index (χ3v) is 2.80. The number of benzene rings is 1. The maximum atomic E-state index is 6.23. The number of nitrogens with zero attached hydrogens (tertiary/aromatic N) is 1. The highest BCUT2D eigenvalue weighted by Crippen LogP contribution is 2.23. The summed E-state index contributed by atoms with van der Waals surface area (Å²) in [4.78, 5) is 4.34. The van der Waals surface area contributed by atoms with E-state index in [0.717, 1.165) is 16.8 Å². The van der Waals surface area contributed by atoms with Crippen LogP contribution in [0, 0.1) is 6.92 Å². The van der Waals surface area contributed by atoms with Crippen LogP contribution in [0.5, 0.6) is 5.88 Å². The van der Waals surface area contributed by atoms with Crippen molar-refractivity contribution in [3.63, 3.8) is 0 Å². The number of methoxy groups -OCH3 is 1. The molecule has 1 heterocycles. The Morgan fingerprint density at radius 1 is 1.12 bits per heavy atom. The zero-order chi connectivity index (χ0) is 12.3. The molecule has 0 saturated heterocycles. The summed E-state index contributed by atoms with van der Waals surface area (Å²) >= 11 is 0. The first-order valence-corrected chi connectivity index (χ1v) is 5.54. The highest BCUT2D eigenvalue weighted by atomic mass is 16.5. The molecule has 3 heteroatoms. The van der Waals surface area contributed by atoms with Crippen LogP contribution < -0.4 is 10.5 Å². The summed E-state index contributed by atoms with van der Waals surface area (Å²) in [6.45, 7) is 1.95. The van der Waals surface area contributed by atoms with E-state index < -0.39 is 0 Å². The Morgan fingerprint density at radius 3 is 2.41 bits per heavy atom. The summed E-state index contributed by atoms with van der Waals surface area (Å²) in [5.41, 5.74) is 9.24. The number of hydrogen-bond donors (Lipinski definition) is 1. The number of hydrogen-bond acceptors (Lipinski definition) is 3. The molecule has 0 radical (unpaired) electrons. The Hall–Kier alpha value is -1.87. The standard InChI is InChI=1S/C14H16N2O/c1-10-12(8-9-13(16-10)17-2)14(15)11-6-4-3-5-7-11/h3-9,14H,15H2,1-2H3. The van der Waals surface area contributed by atoms with Gasteiger partial charge in [-0.05, 0) is 24.1 Å². The van der Waals surface area contributed by atoms with Gasteiger partial charge in [0.15, 0.2) is 0 Å². The smallest absolute Gasteiger partial charge is 0.213 e. The molecule has 1 aromatic carbocycles. The van der Waals surface area contributed by atoms with E-state index in [-0.39, 0.29) is 6.04 Å². The molecule has 0 spiro atoms. The Bertz CT molecular complexity index is 497. The van der Waals surface area contributed by atoms with Crippen LogP contribution in [-0.4, -0.2) is 12.1 Å². The molecule has 0 amide bonds. The molecule has 1 unspecified atom stereocenters. The Kier molecular flexibility index (Phi) is 3.40. The number of pyridine rings is 1. The molecule has 0 bridgehead atoms. The molecule has 3 nitrogen and oxygen atoms in total. The number of aromatic nitrogens is 1. The van der Waals surface area contributed by atoms with Gasteiger partial charge >= 0.3 is 0 Å². The van der Waals surface area contributed by atoms with Gasteiger partial charge in [-0.25, -0.2) is 4.98 Å². The minimum Gasteiger partial charge on any atom is -0.481 e. The molecule has 1 aromatic heterocycles. The second-order valence-electron chi connectivity index (χ2n) is 3.92. The molecule has 0 aliphatic heterocycles. The van der Waals surface area contributed by atoms with Crippen LogP contribution in [0.1, 0.15) is 22.9 Å². The predicted octanol–water partition coefficient (Wildman–Crippen LogP) is 2.45. The van der Waals surface area contributed by atoms with Crippen molar-refractivity contribution in [2.24, 2.45) is 5.73 Å². The highest BCUT2D eigenvalue weighted by molar-refractivity contribution is 5.35. The van der Waals surface area contributed by atoms with Crippen molar-refractivity contribution in [1.29, 1.82) is 0 Å². The number of nitrogens with two attached hydrogens (primary N) is 1. The normalized spacial score (nSPS) is 12.2. The molecule has 2 N–H and O–H groups in total. The summed E-state index contributed by atoms with van der Waals surface area (Å²) in [5, 5.41) is 0. The monoisotopic (exact) mass is 228 g/mol. The van der Waals surface area contributed by atoms with Crippen LogP contribution in [0.3, 0.4) is 0 Å². The molecular formula is C14H16N2O. The van der Waals surface area contributed by atoms with E-state index in [9.17, 15) is 0 Å². The van der Waals surface area contributed by atoms with Crippen molar-refractivity contribution in [2.45, 2.75) is 13.0 Å². The summed E-state index contributed by atoms with van der Waals surface area (Å²) in [6.07, 6.45) is 0. The average molecular weight is 228 g/mol. The molecule has 0 aliphatic rings. The van der Waals surface area contributed by atoms with Crippen molar-refractivity contribution >= 4 is 0 Å². The maximum absolute atomic E-state index is 6.23. The molecule has 2 aromatic rings. The van der Waals surface area contributed by atoms with Crippen molar-refractivity contribution in [1.82, 2.24) is 4.98 Å². The molecule has 1 atom stereocenters. The lowest BCUT2D eigenvalue weighted by atomic mass is 9.99. The minimum absolute atomic E-state index is 0.144. The zero-order valence-corrected chi connectivity index (χ0v) is 10.1. The van der Waals surface area contributed by atoms with E-state index in [1.54, 1.807) is 7.11 Å². The van der Waals surface area contributed by atoms with E-state index >= 15 is 0 Å². The molecule has 17 heavy (non-hydrogen) atoms. The predicted molar refractivity (Wildman–Crippen MR) is 68.0 cm³/mol. The maximum Gasteiger partial charge on any atom is 0.213 e. The zero-order valence-electron chi connectivity index (χ0n) is 10.1. The fourth-order valence-corrected chi connectivity index (χ4v) is 1.83. The van der Waals surface area contributed by atoms with E-state index in [0.29, 0.717) is 5.88 Å². The van der Waals surface area contributed by atoms with Crippen LogP contribution in [0.25, 0.3) is 0 Å². The van der Waals surface area contributed by atoms with Gasteiger partial charge in [0.05, 0.1) is 13.2 Å². The minimum atomic E-state index is -0.144. The highest BCUT2D eigenvalue weighted by Gasteiger charge is 2.12. The first kappa shape index (κ1) is 11.6. The van der Waals surface area contributed by atoms with Crippen molar-refractivity contribution in [3.05, 3.63) is 59.3 Å².